The average Bonchev–Trinajstić information content (AvgIpc) is 2.29. The van der Waals surface area contributed by atoms with E-state index in [2.05, 4.69) is 10.9 Å². The van der Waals surface area contributed by atoms with Gasteiger partial charge in [0.25, 0.3) is 0 Å². The maximum absolute atomic E-state index is 3.11. The molecule has 0 heterocycles. The second-order valence-electron chi connectivity index (χ2n) is 2.98. The largest absolute Gasteiger partial charge is 0.301 e. The van der Waals surface area contributed by atoms with E-state index in [1.165, 1.54) is 0 Å². The minimum Gasteiger partial charge on any atom is -0.301 e. The Labute approximate surface area is 83.6 Å². The minimum absolute atomic E-state index is 1.05. The summed E-state index contributed by atoms with van der Waals surface area (Å²) in [6.07, 6.45) is 0. The van der Waals surface area contributed by atoms with Gasteiger partial charge < -0.3 is 10.9 Å². The van der Waals surface area contributed by atoms with Crippen molar-refractivity contribution in [3.8, 4) is 0 Å². The molecular formula is C12H12N2. The van der Waals surface area contributed by atoms with Crippen molar-refractivity contribution in [3.05, 3.63) is 60.7 Å². The molecule has 70 valence electrons. The molecule has 0 amide bonds. The van der Waals surface area contributed by atoms with Crippen LogP contribution in [0.4, 0.5) is 11.4 Å². The van der Waals surface area contributed by atoms with E-state index in [0.717, 1.165) is 11.4 Å². The highest BCUT2D eigenvalue weighted by Gasteiger charge is 1.88. The van der Waals surface area contributed by atoms with E-state index in [0.29, 0.717) is 0 Å². The van der Waals surface area contributed by atoms with Crippen molar-refractivity contribution in [2.24, 2.45) is 0 Å². The molecule has 0 saturated heterocycles. The molecule has 2 heteroatoms. The van der Waals surface area contributed by atoms with Gasteiger partial charge in [0.2, 0.25) is 0 Å². The lowest BCUT2D eigenvalue weighted by Gasteiger charge is -2.08. The fraction of sp³-hybridized carbons (Fsp3) is 0. The number of anilines is 2. The molecule has 2 nitrogen and oxygen atoms in total. The Hall–Kier alpha value is -1.96. The van der Waals surface area contributed by atoms with Gasteiger partial charge in [0, 0.05) is 0 Å². The number of hydrogen-bond donors (Lipinski definition) is 2. The highest BCUT2D eigenvalue weighted by Crippen LogP contribution is 2.08. The summed E-state index contributed by atoms with van der Waals surface area (Å²) in [7, 11) is 0. The van der Waals surface area contributed by atoms with Crippen molar-refractivity contribution < 1.29 is 0 Å². The number of nitrogens with one attached hydrogen (secondary N) is 2. The topological polar surface area (TPSA) is 24.1 Å². The third kappa shape index (κ3) is 2.26. The molecule has 0 radical (unpaired) electrons. The quantitative estimate of drug-likeness (QED) is 0.568. The van der Waals surface area contributed by atoms with Gasteiger partial charge in [-0.3, -0.25) is 0 Å². The van der Waals surface area contributed by atoms with Gasteiger partial charge in [-0.1, -0.05) is 36.4 Å². The van der Waals surface area contributed by atoms with Gasteiger partial charge in [0.05, 0.1) is 11.4 Å². The summed E-state index contributed by atoms with van der Waals surface area (Å²) in [4.78, 5) is 0. The Bertz CT molecular complexity index is 331. The third-order valence-electron chi connectivity index (χ3n) is 1.90. The Morgan fingerprint density at radius 2 is 0.857 bits per heavy atom. The zero-order valence-corrected chi connectivity index (χ0v) is 7.77. The first kappa shape index (κ1) is 8.63. The van der Waals surface area contributed by atoms with Crippen LogP contribution < -0.4 is 10.9 Å². The Morgan fingerprint density at radius 1 is 0.500 bits per heavy atom. The van der Waals surface area contributed by atoms with E-state index < -0.39 is 0 Å². The van der Waals surface area contributed by atoms with Crippen LogP contribution in [0.3, 0.4) is 0 Å². The number of benzene rings is 2. The smallest absolute Gasteiger partial charge is 0.0539 e. The van der Waals surface area contributed by atoms with Crippen molar-refractivity contribution in [2.75, 3.05) is 10.9 Å². The molecule has 0 unspecified atom stereocenters. The van der Waals surface area contributed by atoms with Gasteiger partial charge in [0.15, 0.2) is 0 Å². The maximum Gasteiger partial charge on any atom is 0.0539 e. The second-order valence-corrected chi connectivity index (χ2v) is 2.98. The summed E-state index contributed by atoms with van der Waals surface area (Å²) < 4.78 is 0. The number of hydrogen-bond acceptors (Lipinski definition) is 2. The van der Waals surface area contributed by atoms with Gasteiger partial charge in [-0.2, -0.15) is 0 Å². The maximum atomic E-state index is 3.11. The SMILES string of the molecule is c1ccc([15NH][15NH]c2ccccc2)cc1. The Morgan fingerprint density at radius 3 is 1.21 bits per heavy atom. The summed E-state index contributed by atoms with van der Waals surface area (Å²) >= 11 is 0. The van der Waals surface area contributed by atoms with Crippen molar-refractivity contribution in [3.63, 3.8) is 0 Å². The lowest BCUT2D eigenvalue weighted by atomic mass is 10.3. The second kappa shape index (κ2) is 4.33. The van der Waals surface area contributed by atoms with Crippen LogP contribution in [0.15, 0.2) is 60.7 Å². The predicted octanol–water partition coefficient (Wildman–Crippen LogP) is 3.13. The number of para-hydroxylation sites is 2. The van der Waals surface area contributed by atoms with E-state index in [1.807, 2.05) is 60.7 Å². The Balaban J connectivity index is 1.96. The van der Waals surface area contributed by atoms with Gasteiger partial charge in [-0.15, -0.1) is 0 Å². The zero-order chi connectivity index (χ0) is 9.64. The summed E-state index contributed by atoms with van der Waals surface area (Å²) in [6.45, 7) is 0. The number of hydrazine groups is 1. The van der Waals surface area contributed by atoms with Crippen LogP contribution in [0.5, 0.6) is 0 Å². The molecule has 2 rings (SSSR count). The third-order valence-corrected chi connectivity index (χ3v) is 1.90. The predicted molar refractivity (Wildman–Crippen MR) is 60.1 cm³/mol. The van der Waals surface area contributed by atoms with Gasteiger partial charge in [0.1, 0.15) is 0 Å². The Kier molecular flexibility index (Phi) is 2.67. The van der Waals surface area contributed by atoms with E-state index in [4.69, 9.17) is 0 Å². The first-order valence-electron chi connectivity index (χ1n) is 4.57. The van der Waals surface area contributed by atoms with E-state index in [-0.39, 0.29) is 0 Å². The fourth-order valence-corrected chi connectivity index (χ4v) is 1.19. The summed E-state index contributed by atoms with van der Waals surface area (Å²) in [5.41, 5.74) is 8.33. The summed E-state index contributed by atoms with van der Waals surface area (Å²) in [5, 5.41) is 0. The van der Waals surface area contributed by atoms with Crippen LogP contribution >= 0.6 is 0 Å². The molecule has 0 spiro atoms. The van der Waals surface area contributed by atoms with Gasteiger partial charge in [-0.05, 0) is 24.3 Å². The zero-order valence-electron chi connectivity index (χ0n) is 7.77. The van der Waals surface area contributed by atoms with E-state index in [9.17, 15) is 0 Å². The molecule has 0 aliphatic rings. The lowest BCUT2D eigenvalue weighted by Crippen LogP contribution is -2.07. The fourth-order valence-electron chi connectivity index (χ4n) is 1.19. The first-order chi connectivity index (χ1) is 6.95. The molecule has 0 atom stereocenters. The molecule has 0 saturated carbocycles. The summed E-state index contributed by atoms with van der Waals surface area (Å²) in [6, 6.07) is 20.0. The molecule has 2 aromatic carbocycles. The van der Waals surface area contributed by atoms with Gasteiger partial charge >= 0.3 is 0 Å². The van der Waals surface area contributed by atoms with Crippen LogP contribution in [0, 0.1) is 0 Å². The summed E-state index contributed by atoms with van der Waals surface area (Å²) in [5.74, 6) is 0. The number of rotatable bonds is 3. The molecule has 14 heavy (non-hydrogen) atoms. The normalized spacial score (nSPS) is 9.43. The van der Waals surface area contributed by atoms with Crippen LogP contribution in [0.1, 0.15) is 0 Å². The average molecular weight is 186 g/mol. The van der Waals surface area contributed by atoms with E-state index >= 15 is 0 Å². The van der Waals surface area contributed by atoms with E-state index in [1.54, 1.807) is 0 Å². The van der Waals surface area contributed by atoms with Crippen LogP contribution in [-0.2, 0) is 0 Å². The van der Waals surface area contributed by atoms with Gasteiger partial charge in [-0.25, -0.2) is 0 Å². The molecule has 2 aromatic rings. The first-order valence-corrected chi connectivity index (χ1v) is 4.57. The highest BCUT2D eigenvalue weighted by molar-refractivity contribution is 5.51. The molecule has 0 bridgehead atoms. The van der Waals surface area contributed by atoms with Crippen molar-refractivity contribution in [1.29, 1.82) is 0 Å². The highest BCUT2D eigenvalue weighted by atomic mass is 16.3. The molecule has 0 aliphatic carbocycles. The van der Waals surface area contributed by atoms with Crippen LogP contribution in [0.25, 0.3) is 0 Å². The standard InChI is InChI=1S/C12H12N2/c1-3-7-11(8-4-1)13-14-12-9-5-2-6-10-12/h1-10,13-14H/i13+1,14+1. The van der Waals surface area contributed by atoms with Crippen LogP contribution in [0.2, 0.25) is 0 Å². The molecule has 0 aliphatic heterocycles. The lowest BCUT2D eigenvalue weighted by molar-refractivity contribution is 1.41. The minimum atomic E-state index is 1.05. The molecule has 0 aromatic heterocycles. The molecular weight excluding hydrogens is 174 g/mol. The molecule has 0 fully saturated rings. The van der Waals surface area contributed by atoms with Crippen molar-refractivity contribution >= 4 is 11.4 Å². The van der Waals surface area contributed by atoms with Crippen LogP contribution in [-0.4, -0.2) is 0 Å². The van der Waals surface area contributed by atoms with Crippen molar-refractivity contribution in [1.82, 2.24) is 0 Å². The monoisotopic (exact) mass is 186 g/mol. The molecule has 2 N–H and O–H groups in total. The van der Waals surface area contributed by atoms with Crippen molar-refractivity contribution in [2.45, 2.75) is 0 Å².